The van der Waals surface area contributed by atoms with Crippen molar-refractivity contribution in [3.8, 4) is 5.88 Å². The molecule has 2 N–H and O–H groups in total. The number of nitrogens with zero attached hydrogens (tertiary/aromatic N) is 2. The predicted molar refractivity (Wildman–Crippen MR) is 73.6 cm³/mol. The first-order chi connectivity index (χ1) is 8.75. The lowest BCUT2D eigenvalue weighted by atomic mass is 10.3. The maximum absolute atomic E-state index is 5.51. The van der Waals surface area contributed by atoms with Crippen LogP contribution in [-0.4, -0.2) is 21.6 Å². The highest BCUT2D eigenvalue weighted by Crippen LogP contribution is 2.08. The van der Waals surface area contributed by atoms with E-state index in [0.29, 0.717) is 17.5 Å². The number of ether oxygens (including phenoxy) is 1. The summed E-state index contributed by atoms with van der Waals surface area (Å²) in [5.74, 6) is 0.561. The number of hydrogen-bond donors (Lipinski definition) is 1. The fourth-order valence-electron chi connectivity index (χ4n) is 1.42. The van der Waals surface area contributed by atoms with E-state index >= 15 is 0 Å². The lowest BCUT2D eigenvalue weighted by Crippen LogP contribution is -2.10. The molecule has 2 aromatic rings. The van der Waals surface area contributed by atoms with Crippen LogP contribution >= 0.6 is 12.2 Å². The summed E-state index contributed by atoms with van der Waals surface area (Å²) in [5.41, 5.74) is 7.22. The van der Waals surface area contributed by atoms with Crippen LogP contribution in [0, 0.1) is 0 Å². The highest BCUT2D eigenvalue weighted by molar-refractivity contribution is 7.80. The second-order valence-electron chi connectivity index (χ2n) is 3.67. The van der Waals surface area contributed by atoms with Gasteiger partial charge in [-0.3, -0.25) is 4.98 Å². The van der Waals surface area contributed by atoms with E-state index in [1.807, 2.05) is 18.2 Å². The van der Waals surface area contributed by atoms with Crippen LogP contribution in [0.3, 0.4) is 0 Å². The minimum atomic E-state index is 0.336. The monoisotopic (exact) mass is 259 g/mol. The molecule has 0 atom stereocenters. The van der Waals surface area contributed by atoms with E-state index in [-0.39, 0.29) is 0 Å². The first-order valence-corrected chi connectivity index (χ1v) is 5.95. The highest BCUT2D eigenvalue weighted by atomic mass is 32.1. The van der Waals surface area contributed by atoms with E-state index in [1.165, 1.54) is 0 Å². The van der Waals surface area contributed by atoms with Gasteiger partial charge in [-0.2, -0.15) is 0 Å². The van der Waals surface area contributed by atoms with Crippen LogP contribution in [0.25, 0.3) is 0 Å². The van der Waals surface area contributed by atoms with E-state index in [1.54, 1.807) is 24.5 Å². The lowest BCUT2D eigenvalue weighted by Gasteiger charge is -2.05. The maximum Gasteiger partial charge on any atom is 0.213 e. The zero-order valence-corrected chi connectivity index (χ0v) is 10.6. The Morgan fingerprint density at radius 2 is 2.11 bits per heavy atom. The molecule has 18 heavy (non-hydrogen) atoms. The molecule has 0 radical (unpaired) electrons. The number of nitrogens with two attached hydrogens (primary N) is 1. The number of hydrogen-bond acceptors (Lipinski definition) is 4. The molecule has 0 fully saturated rings. The predicted octanol–water partition coefficient (Wildman–Crippen LogP) is 1.73. The number of pyridine rings is 2. The Morgan fingerprint density at radius 3 is 2.72 bits per heavy atom. The van der Waals surface area contributed by atoms with E-state index < -0.39 is 0 Å². The van der Waals surface area contributed by atoms with Crippen molar-refractivity contribution in [3.63, 3.8) is 0 Å². The summed E-state index contributed by atoms with van der Waals surface area (Å²) in [6, 6.07) is 9.36. The summed E-state index contributed by atoms with van der Waals surface area (Å²) < 4.78 is 5.51. The smallest absolute Gasteiger partial charge is 0.213 e. The van der Waals surface area contributed by atoms with Crippen LogP contribution in [0.1, 0.15) is 11.3 Å². The fourth-order valence-corrected chi connectivity index (χ4v) is 1.54. The van der Waals surface area contributed by atoms with Crippen molar-refractivity contribution < 1.29 is 4.74 Å². The summed E-state index contributed by atoms with van der Waals surface area (Å²) in [6.45, 7) is 0.538. The van der Waals surface area contributed by atoms with Crippen molar-refractivity contribution >= 4 is 17.2 Å². The third-order valence-corrected chi connectivity index (χ3v) is 2.59. The summed E-state index contributed by atoms with van der Waals surface area (Å²) in [7, 11) is 0. The van der Waals surface area contributed by atoms with Gasteiger partial charge in [0.15, 0.2) is 0 Å². The summed E-state index contributed by atoms with van der Waals surface area (Å²) in [5, 5.41) is 0. The minimum Gasteiger partial charge on any atom is -0.477 e. The van der Waals surface area contributed by atoms with Gasteiger partial charge in [-0.15, -0.1) is 0 Å². The third-order valence-electron chi connectivity index (χ3n) is 2.36. The molecule has 0 aliphatic heterocycles. The Hall–Kier alpha value is -2.01. The molecule has 0 saturated carbocycles. The van der Waals surface area contributed by atoms with Crippen molar-refractivity contribution in [3.05, 3.63) is 54.0 Å². The molecular formula is C13H13N3OS. The molecule has 0 aromatic carbocycles. The van der Waals surface area contributed by atoms with Crippen LogP contribution < -0.4 is 10.5 Å². The molecule has 0 unspecified atom stereocenters. The van der Waals surface area contributed by atoms with Gasteiger partial charge in [0.1, 0.15) is 4.99 Å². The first-order valence-electron chi connectivity index (χ1n) is 5.54. The highest BCUT2D eigenvalue weighted by Gasteiger charge is 1.99. The van der Waals surface area contributed by atoms with Crippen molar-refractivity contribution in [1.82, 2.24) is 9.97 Å². The molecule has 0 aliphatic rings. The SMILES string of the molecule is NC(=S)c1ccc(OCCc2ccccn2)nc1. The molecule has 4 nitrogen and oxygen atoms in total. The molecule has 5 heteroatoms. The minimum absolute atomic E-state index is 0.336. The van der Waals surface area contributed by atoms with E-state index in [0.717, 1.165) is 17.7 Å². The molecule has 2 heterocycles. The van der Waals surface area contributed by atoms with Gasteiger partial charge >= 0.3 is 0 Å². The summed E-state index contributed by atoms with van der Waals surface area (Å²) in [6.07, 6.45) is 4.13. The Bertz CT molecular complexity index is 514. The Kier molecular flexibility index (Phi) is 4.20. The molecule has 0 saturated heterocycles. The molecule has 2 rings (SSSR count). The second kappa shape index (κ2) is 6.07. The zero-order chi connectivity index (χ0) is 12.8. The number of rotatable bonds is 5. The van der Waals surface area contributed by atoms with Crippen molar-refractivity contribution in [2.45, 2.75) is 6.42 Å². The van der Waals surface area contributed by atoms with Gasteiger partial charge in [0.2, 0.25) is 5.88 Å². The van der Waals surface area contributed by atoms with E-state index in [2.05, 4.69) is 9.97 Å². The van der Waals surface area contributed by atoms with Crippen LogP contribution in [0.5, 0.6) is 5.88 Å². The normalized spacial score (nSPS) is 10.0. The number of thiocarbonyl (C=S) groups is 1. The van der Waals surface area contributed by atoms with Crippen molar-refractivity contribution in [1.29, 1.82) is 0 Å². The molecule has 2 aromatic heterocycles. The van der Waals surface area contributed by atoms with Gasteiger partial charge in [0.05, 0.1) is 6.61 Å². The van der Waals surface area contributed by atoms with Gasteiger partial charge < -0.3 is 10.5 Å². The first kappa shape index (κ1) is 12.4. The standard InChI is InChI=1S/C13H13N3OS/c14-13(18)10-4-5-12(16-9-10)17-8-6-11-3-1-2-7-15-11/h1-5,7,9H,6,8H2,(H2,14,18). The molecule has 92 valence electrons. The maximum atomic E-state index is 5.51. The molecule has 0 amide bonds. The van der Waals surface area contributed by atoms with Crippen LogP contribution in [0.2, 0.25) is 0 Å². The van der Waals surface area contributed by atoms with Gasteiger partial charge in [-0.1, -0.05) is 18.3 Å². The van der Waals surface area contributed by atoms with Gasteiger partial charge in [0.25, 0.3) is 0 Å². The second-order valence-corrected chi connectivity index (χ2v) is 4.11. The molecule has 0 aliphatic carbocycles. The van der Waals surface area contributed by atoms with E-state index in [4.69, 9.17) is 22.7 Å². The quantitative estimate of drug-likeness (QED) is 0.829. The van der Waals surface area contributed by atoms with E-state index in [9.17, 15) is 0 Å². The summed E-state index contributed by atoms with van der Waals surface area (Å²) >= 11 is 4.85. The van der Waals surface area contributed by atoms with Crippen molar-refractivity contribution in [2.75, 3.05) is 6.61 Å². The number of aromatic nitrogens is 2. The average Bonchev–Trinajstić information content (AvgIpc) is 2.40. The zero-order valence-electron chi connectivity index (χ0n) is 9.74. The van der Waals surface area contributed by atoms with Gasteiger partial charge in [-0.05, 0) is 18.2 Å². The van der Waals surface area contributed by atoms with Crippen molar-refractivity contribution in [2.24, 2.45) is 5.73 Å². The van der Waals surface area contributed by atoms with Crippen LogP contribution in [-0.2, 0) is 6.42 Å². The van der Waals surface area contributed by atoms with Gasteiger partial charge in [0, 0.05) is 36.1 Å². The third kappa shape index (κ3) is 3.49. The van der Waals surface area contributed by atoms with Crippen LogP contribution in [0.4, 0.5) is 0 Å². The lowest BCUT2D eigenvalue weighted by molar-refractivity contribution is 0.308. The molecule has 0 bridgehead atoms. The Labute approximate surface area is 111 Å². The van der Waals surface area contributed by atoms with Crippen LogP contribution in [0.15, 0.2) is 42.7 Å². The topological polar surface area (TPSA) is 61.0 Å². The molecule has 0 spiro atoms. The Balaban J connectivity index is 1.85. The average molecular weight is 259 g/mol. The fraction of sp³-hybridized carbons (Fsp3) is 0.154. The summed E-state index contributed by atoms with van der Waals surface area (Å²) in [4.78, 5) is 8.67. The largest absolute Gasteiger partial charge is 0.477 e. The molecular weight excluding hydrogens is 246 g/mol. The van der Waals surface area contributed by atoms with Gasteiger partial charge in [-0.25, -0.2) is 4.98 Å². The Morgan fingerprint density at radius 1 is 1.22 bits per heavy atom.